The minimum Gasteiger partial charge on any atom is -0.409 e. The van der Waals surface area contributed by atoms with Crippen LogP contribution in [0.5, 0.6) is 0 Å². The van der Waals surface area contributed by atoms with E-state index in [1.165, 1.54) is 0 Å². The topological polar surface area (TPSA) is 78.9 Å². The van der Waals surface area contributed by atoms with Crippen LogP contribution in [0, 0.1) is 17.5 Å². The van der Waals surface area contributed by atoms with Crippen LogP contribution >= 0.6 is 0 Å². The van der Waals surface area contributed by atoms with Gasteiger partial charge in [-0.2, -0.15) is 0 Å². The molecule has 1 aromatic rings. The van der Waals surface area contributed by atoms with Crippen molar-refractivity contribution in [2.45, 2.75) is 13.3 Å². The van der Waals surface area contributed by atoms with E-state index in [0.29, 0.717) is 18.6 Å². The van der Waals surface area contributed by atoms with Crippen molar-refractivity contribution in [2.75, 3.05) is 13.1 Å². The number of carbonyl (C=O) groups is 1. The molecule has 0 bridgehead atoms. The minimum atomic E-state index is -1.30. The summed E-state index contributed by atoms with van der Waals surface area (Å²) in [4.78, 5) is 13.1. The average molecular weight is 289 g/mol. The summed E-state index contributed by atoms with van der Waals surface area (Å²) in [5, 5.41) is 11.2. The second kappa shape index (κ2) is 6.78. The van der Waals surface area contributed by atoms with Crippen LogP contribution in [0.25, 0.3) is 0 Å². The third-order valence-electron chi connectivity index (χ3n) is 2.48. The number of hydrogen-bond acceptors (Lipinski definition) is 3. The summed E-state index contributed by atoms with van der Waals surface area (Å²) in [6.45, 7) is 1.59. The fourth-order valence-corrected chi connectivity index (χ4v) is 1.65. The van der Waals surface area contributed by atoms with Crippen LogP contribution in [0.2, 0.25) is 0 Å². The molecule has 1 amide bonds. The van der Waals surface area contributed by atoms with Gasteiger partial charge in [0.1, 0.15) is 23.0 Å². The number of benzene rings is 1. The lowest BCUT2D eigenvalue weighted by molar-refractivity contribution is 0.0768. The predicted octanol–water partition coefficient (Wildman–Crippen LogP) is 1.70. The van der Waals surface area contributed by atoms with Crippen LogP contribution in [0.15, 0.2) is 17.3 Å². The number of nitrogens with zero attached hydrogens (tertiary/aromatic N) is 2. The first-order chi connectivity index (χ1) is 9.40. The molecule has 0 aliphatic carbocycles. The minimum absolute atomic E-state index is 0.144. The first-order valence-corrected chi connectivity index (χ1v) is 5.80. The van der Waals surface area contributed by atoms with Crippen molar-refractivity contribution in [3.05, 3.63) is 35.1 Å². The third kappa shape index (κ3) is 3.62. The number of carbonyl (C=O) groups excluding carboxylic acids is 1. The van der Waals surface area contributed by atoms with Crippen LogP contribution in [0.3, 0.4) is 0 Å². The highest BCUT2D eigenvalue weighted by Gasteiger charge is 2.24. The van der Waals surface area contributed by atoms with E-state index in [-0.39, 0.29) is 18.9 Å². The van der Waals surface area contributed by atoms with Crippen molar-refractivity contribution in [2.24, 2.45) is 10.9 Å². The highest BCUT2D eigenvalue weighted by molar-refractivity contribution is 5.97. The lowest BCUT2D eigenvalue weighted by Gasteiger charge is -2.21. The highest BCUT2D eigenvalue weighted by atomic mass is 19.1. The van der Waals surface area contributed by atoms with E-state index in [0.717, 1.165) is 4.90 Å². The lowest BCUT2D eigenvalue weighted by Crippen LogP contribution is -2.39. The average Bonchev–Trinajstić information content (AvgIpc) is 2.36. The zero-order valence-corrected chi connectivity index (χ0v) is 10.7. The van der Waals surface area contributed by atoms with Gasteiger partial charge in [0.05, 0.1) is 6.54 Å². The molecule has 0 spiro atoms. The van der Waals surface area contributed by atoms with Gasteiger partial charge in [-0.05, 0) is 6.42 Å². The van der Waals surface area contributed by atoms with Crippen LogP contribution < -0.4 is 5.73 Å². The van der Waals surface area contributed by atoms with E-state index < -0.39 is 28.9 Å². The van der Waals surface area contributed by atoms with Crippen molar-refractivity contribution in [3.63, 3.8) is 0 Å². The van der Waals surface area contributed by atoms with Gasteiger partial charge >= 0.3 is 0 Å². The predicted molar refractivity (Wildman–Crippen MR) is 65.9 cm³/mol. The summed E-state index contributed by atoms with van der Waals surface area (Å²) in [6, 6.07) is 0.841. The van der Waals surface area contributed by atoms with Gasteiger partial charge in [0.25, 0.3) is 5.91 Å². The second-order valence-corrected chi connectivity index (χ2v) is 4.06. The zero-order chi connectivity index (χ0) is 15.3. The Morgan fingerprint density at radius 2 is 1.90 bits per heavy atom. The van der Waals surface area contributed by atoms with Crippen molar-refractivity contribution in [1.82, 2.24) is 4.90 Å². The van der Waals surface area contributed by atoms with E-state index in [1.807, 2.05) is 0 Å². The molecular formula is C12H14F3N3O2. The molecule has 0 aliphatic rings. The van der Waals surface area contributed by atoms with Gasteiger partial charge in [0.15, 0.2) is 5.84 Å². The molecule has 3 N–H and O–H groups in total. The maximum absolute atomic E-state index is 13.5. The van der Waals surface area contributed by atoms with E-state index in [1.54, 1.807) is 6.92 Å². The summed E-state index contributed by atoms with van der Waals surface area (Å²) in [5.74, 6) is -4.99. The third-order valence-corrected chi connectivity index (χ3v) is 2.48. The number of rotatable bonds is 5. The standard InChI is InChI=1S/C12H14F3N3O2/c1-2-3-18(6-10(16)17-20)12(19)11-8(14)4-7(13)5-9(11)15/h4-5,20H,2-3,6H2,1H3,(H2,16,17). The number of amidine groups is 1. The lowest BCUT2D eigenvalue weighted by atomic mass is 10.1. The number of nitrogens with two attached hydrogens (primary N) is 1. The van der Waals surface area contributed by atoms with Crippen molar-refractivity contribution < 1.29 is 23.2 Å². The fraction of sp³-hybridized carbons (Fsp3) is 0.333. The monoisotopic (exact) mass is 289 g/mol. The highest BCUT2D eigenvalue weighted by Crippen LogP contribution is 2.17. The van der Waals surface area contributed by atoms with Gasteiger partial charge in [-0.3, -0.25) is 4.79 Å². The van der Waals surface area contributed by atoms with Gasteiger partial charge in [-0.15, -0.1) is 0 Å². The Kier molecular flexibility index (Phi) is 5.36. The molecule has 0 aromatic heterocycles. The van der Waals surface area contributed by atoms with Gasteiger partial charge < -0.3 is 15.8 Å². The molecule has 0 heterocycles. The van der Waals surface area contributed by atoms with Crippen LogP contribution in [0.1, 0.15) is 23.7 Å². The van der Waals surface area contributed by atoms with E-state index in [4.69, 9.17) is 10.9 Å². The van der Waals surface area contributed by atoms with Gasteiger partial charge in [-0.25, -0.2) is 13.2 Å². The molecule has 0 saturated carbocycles. The first kappa shape index (κ1) is 15.8. The van der Waals surface area contributed by atoms with E-state index in [2.05, 4.69) is 5.16 Å². The summed E-state index contributed by atoms with van der Waals surface area (Å²) in [6.07, 6.45) is 0.495. The normalized spacial score (nSPS) is 11.5. The Hall–Kier alpha value is -2.25. The zero-order valence-electron chi connectivity index (χ0n) is 10.7. The quantitative estimate of drug-likeness (QED) is 0.375. The Morgan fingerprint density at radius 1 is 1.35 bits per heavy atom. The Balaban J connectivity index is 3.12. The van der Waals surface area contributed by atoms with Crippen LogP contribution in [-0.2, 0) is 0 Å². The molecule has 0 saturated heterocycles. The molecular weight excluding hydrogens is 275 g/mol. The first-order valence-electron chi connectivity index (χ1n) is 5.80. The van der Waals surface area contributed by atoms with E-state index >= 15 is 0 Å². The van der Waals surface area contributed by atoms with Crippen molar-refractivity contribution >= 4 is 11.7 Å². The second-order valence-electron chi connectivity index (χ2n) is 4.06. The number of hydrogen-bond donors (Lipinski definition) is 2. The molecule has 5 nitrogen and oxygen atoms in total. The molecule has 1 rings (SSSR count). The number of amides is 1. The Morgan fingerprint density at radius 3 is 2.35 bits per heavy atom. The van der Waals surface area contributed by atoms with Crippen molar-refractivity contribution in [1.29, 1.82) is 0 Å². The largest absolute Gasteiger partial charge is 0.409 e. The Labute approximate surface area is 113 Å². The van der Waals surface area contributed by atoms with Gasteiger partial charge in [-0.1, -0.05) is 12.1 Å². The Bertz CT molecular complexity index is 512. The molecule has 0 fully saturated rings. The van der Waals surface area contributed by atoms with Gasteiger partial charge in [0.2, 0.25) is 0 Å². The summed E-state index contributed by atoms with van der Waals surface area (Å²) < 4.78 is 39.9. The maximum atomic E-state index is 13.5. The summed E-state index contributed by atoms with van der Waals surface area (Å²) in [7, 11) is 0. The summed E-state index contributed by atoms with van der Waals surface area (Å²) in [5.41, 5.74) is 4.41. The summed E-state index contributed by atoms with van der Waals surface area (Å²) >= 11 is 0. The van der Waals surface area contributed by atoms with E-state index in [9.17, 15) is 18.0 Å². The van der Waals surface area contributed by atoms with Gasteiger partial charge in [0, 0.05) is 18.7 Å². The maximum Gasteiger partial charge on any atom is 0.260 e. The molecule has 1 aromatic carbocycles. The molecule has 0 radical (unpaired) electrons. The van der Waals surface area contributed by atoms with Crippen LogP contribution in [0.4, 0.5) is 13.2 Å². The molecule has 0 aliphatic heterocycles. The molecule has 20 heavy (non-hydrogen) atoms. The number of halogens is 3. The SMILES string of the molecule is CCCN(CC(N)=NO)C(=O)c1c(F)cc(F)cc1F. The fourth-order valence-electron chi connectivity index (χ4n) is 1.65. The van der Waals surface area contributed by atoms with Crippen molar-refractivity contribution in [3.8, 4) is 0 Å². The van der Waals surface area contributed by atoms with Crippen LogP contribution in [-0.4, -0.2) is 34.9 Å². The molecule has 0 atom stereocenters. The molecule has 0 unspecified atom stereocenters. The smallest absolute Gasteiger partial charge is 0.260 e. The number of oxime groups is 1. The molecule has 110 valence electrons. The molecule has 8 heteroatoms.